The zero-order valence-corrected chi connectivity index (χ0v) is 18.7. The van der Waals surface area contributed by atoms with Crippen molar-refractivity contribution < 1.29 is 22.8 Å². The lowest BCUT2D eigenvalue weighted by molar-refractivity contribution is -0.171. The highest BCUT2D eigenvalue weighted by Gasteiger charge is 2.48. The Kier molecular flexibility index (Phi) is 7.09. The number of aryl methyl sites for hydroxylation is 3. The molecule has 0 saturated heterocycles. The highest BCUT2D eigenvalue weighted by atomic mass is 32.1. The molecular formula is C23H27F3N2O2S. The van der Waals surface area contributed by atoms with E-state index in [0.717, 1.165) is 37.0 Å². The minimum absolute atomic E-state index is 0.0645. The van der Waals surface area contributed by atoms with Gasteiger partial charge in [0.25, 0.3) is 0 Å². The fourth-order valence-corrected chi connectivity index (χ4v) is 5.08. The summed E-state index contributed by atoms with van der Waals surface area (Å²) in [6, 6.07) is 6.73. The summed E-state index contributed by atoms with van der Waals surface area (Å²) in [5, 5.41) is 2.92. The predicted octanol–water partition coefficient (Wildman–Crippen LogP) is 5.76. The van der Waals surface area contributed by atoms with Crippen LogP contribution in [0.25, 0.3) is 0 Å². The maximum atomic E-state index is 13.7. The predicted molar refractivity (Wildman–Crippen MR) is 116 cm³/mol. The first kappa shape index (κ1) is 23.3. The van der Waals surface area contributed by atoms with E-state index in [4.69, 9.17) is 0 Å². The second-order valence-electron chi connectivity index (χ2n) is 8.21. The Bertz CT molecular complexity index is 928. The van der Waals surface area contributed by atoms with E-state index in [2.05, 4.69) is 5.32 Å². The molecule has 1 saturated carbocycles. The van der Waals surface area contributed by atoms with E-state index in [9.17, 15) is 22.8 Å². The SMILES string of the molecule is Cc1cc(C)cc(N(C(=O)C(F)(F)F)C(C(=O)NC2CCCCC2)c2ccc(C)s2)c1. The van der Waals surface area contributed by atoms with Gasteiger partial charge < -0.3 is 5.32 Å². The van der Waals surface area contributed by atoms with E-state index in [1.165, 1.54) is 23.5 Å². The Morgan fingerprint density at radius 1 is 1.03 bits per heavy atom. The molecule has 1 heterocycles. The van der Waals surface area contributed by atoms with E-state index in [-0.39, 0.29) is 11.7 Å². The van der Waals surface area contributed by atoms with Crippen molar-refractivity contribution in [2.75, 3.05) is 4.90 Å². The molecule has 1 N–H and O–H groups in total. The van der Waals surface area contributed by atoms with Gasteiger partial charge in [0.1, 0.15) is 0 Å². The number of rotatable bonds is 5. The monoisotopic (exact) mass is 452 g/mol. The molecule has 1 aromatic carbocycles. The Morgan fingerprint density at radius 3 is 2.16 bits per heavy atom. The van der Waals surface area contributed by atoms with Gasteiger partial charge in [-0.05, 0) is 69.0 Å². The second-order valence-corrected chi connectivity index (χ2v) is 9.53. The number of carbonyl (C=O) groups is 2. The molecule has 3 rings (SSSR count). The number of alkyl halides is 3. The van der Waals surface area contributed by atoms with Crippen LogP contribution in [0.3, 0.4) is 0 Å². The van der Waals surface area contributed by atoms with Crippen LogP contribution in [0.1, 0.15) is 59.0 Å². The summed E-state index contributed by atoms with van der Waals surface area (Å²) >= 11 is 1.22. The molecule has 0 radical (unpaired) electrons. The van der Waals surface area contributed by atoms with Crippen LogP contribution in [0.2, 0.25) is 0 Å². The summed E-state index contributed by atoms with van der Waals surface area (Å²) in [5.41, 5.74) is 1.49. The van der Waals surface area contributed by atoms with Crippen LogP contribution in [0.15, 0.2) is 30.3 Å². The average molecular weight is 453 g/mol. The molecule has 1 unspecified atom stereocenters. The molecule has 168 valence electrons. The van der Waals surface area contributed by atoms with E-state index >= 15 is 0 Å². The highest BCUT2D eigenvalue weighted by Crippen LogP contribution is 2.36. The topological polar surface area (TPSA) is 49.4 Å². The molecule has 0 spiro atoms. The van der Waals surface area contributed by atoms with Gasteiger partial charge in [0.15, 0.2) is 6.04 Å². The first-order valence-corrected chi connectivity index (χ1v) is 11.2. The lowest BCUT2D eigenvalue weighted by atomic mass is 9.95. The van der Waals surface area contributed by atoms with Crippen molar-refractivity contribution in [3.63, 3.8) is 0 Å². The summed E-state index contributed by atoms with van der Waals surface area (Å²) in [5.74, 6) is -2.63. The van der Waals surface area contributed by atoms with Crippen molar-refractivity contribution in [1.29, 1.82) is 0 Å². The van der Waals surface area contributed by atoms with Gasteiger partial charge in [-0.3, -0.25) is 14.5 Å². The van der Waals surface area contributed by atoms with Crippen LogP contribution in [0.4, 0.5) is 18.9 Å². The largest absolute Gasteiger partial charge is 0.471 e. The Hall–Kier alpha value is -2.35. The number of amides is 2. The first-order valence-electron chi connectivity index (χ1n) is 10.4. The van der Waals surface area contributed by atoms with E-state index in [1.54, 1.807) is 26.0 Å². The van der Waals surface area contributed by atoms with Crippen molar-refractivity contribution in [2.24, 2.45) is 0 Å². The van der Waals surface area contributed by atoms with Gasteiger partial charge in [-0.1, -0.05) is 25.3 Å². The van der Waals surface area contributed by atoms with E-state index in [1.807, 2.05) is 13.0 Å². The quantitative estimate of drug-likeness (QED) is 0.627. The van der Waals surface area contributed by atoms with Gasteiger partial charge in [-0.25, -0.2) is 0 Å². The molecule has 1 aliphatic rings. The number of benzene rings is 1. The van der Waals surface area contributed by atoms with Crippen LogP contribution in [-0.4, -0.2) is 24.0 Å². The Morgan fingerprint density at radius 2 is 1.65 bits per heavy atom. The molecule has 0 bridgehead atoms. The molecule has 0 aliphatic heterocycles. The Labute approximate surface area is 184 Å². The number of thiophene rings is 1. The third-order valence-corrected chi connectivity index (χ3v) is 6.49. The van der Waals surface area contributed by atoms with Crippen LogP contribution < -0.4 is 10.2 Å². The normalized spacial score (nSPS) is 16.1. The molecule has 1 atom stereocenters. The third kappa shape index (κ3) is 5.67. The summed E-state index contributed by atoms with van der Waals surface area (Å²) in [7, 11) is 0. The lowest BCUT2D eigenvalue weighted by Gasteiger charge is -2.33. The summed E-state index contributed by atoms with van der Waals surface area (Å²) in [6.07, 6.45) is -0.516. The molecule has 1 aliphatic carbocycles. The van der Waals surface area contributed by atoms with Crippen molar-refractivity contribution in [1.82, 2.24) is 5.32 Å². The molecule has 2 amide bonds. The molecule has 4 nitrogen and oxygen atoms in total. The standard InChI is InChI=1S/C23H27F3N2O2S/c1-14-11-15(2)13-18(12-14)28(22(30)23(24,25)26)20(19-10-9-16(3)31-19)21(29)27-17-7-5-4-6-8-17/h9-13,17,20H,4-8H2,1-3H3,(H,27,29). The lowest BCUT2D eigenvalue weighted by Crippen LogP contribution is -2.50. The van der Waals surface area contributed by atoms with Crippen molar-refractivity contribution in [3.05, 3.63) is 51.2 Å². The first-order chi connectivity index (χ1) is 14.6. The highest BCUT2D eigenvalue weighted by molar-refractivity contribution is 7.12. The smallest absolute Gasteiger partial charge is 0.351 e. The van der Waals surface area contributed by atoms with Crippen molar-refractivity contribution in [3.8, 4) is 0 Å². The number of carbonyl (C=O) groups excluding carboxylic acids is 2. The van der Waals surface area contributed by atoms with Crippen molar-refractivity contribution in [2.45, 2.75) is 71.1 Å². The summed E-state index contributed by atoms with van der Waals surface area (Å²) in [6.45, 7) is 5.31. The maximum Gasteiger partial charge on any atom is 0.471 e. The zero-order valence-electron chi connectivity index (χ0n) is 17.9. The van der Waals surface area contributed by atoms with Gasteiger partial charge >= 0.3 is 12.1 Å². The number of halogens is 3. The molecule has 31 heavy (non-hydrogen) atoms. The number of nitrogens with zero attached hydrogens (tertiary/aromatic N) is 1. The van der Waals surface area contributed by atoms with E-state index in [0.29, 0.717) is 20.9 Å². The van der Waals surface area contributed by atoms with Gasteiger partial charge in [-0.2, -0.15) is 13.2 Å². The van der Waals surface area contributed by atoms with Gasteiger partial charge in [-0.15, -0.1) is 11.3 Å². The van der Waals surface area contributed by atoms with Crippen LogP contribution >= 0.6 is 11.3 Å². The van der Waals surface area contributed by atoms with Crippen molar-refractivity contribution >= 4 is 28.8 Å². The maximum absolute atomic E-state index is 13.7. The molecule has 1 aromatic heterocycles. The number of anilines is 1. The number of nitrogens with one attached hydrogen (secondary N) is 1. The van der Waals surface area contributed by atoms with Crippen LogP contribution in [0.5, 0.6) is 0 Å². The fraction of sp³-hybridized carbons (Fsp3) is 0.478. The van der Waals surface area contributed by atoms with Gasteiger partial charge in [0.05, 0.1) is 0 Å². The average Bonchev–Trinajstić information content (AvgIpc) is 3.10. The summed E-state index contributed by atoms with van der Waals surface area (Å²) in [4.78, 5) is 27.9. The van der Waals surface area contributed by atoms with Gasteiger partial charge in [0.2, 0.25) is 5.91 Å². The van der Waals surface area contributed by atoms with Crippen LogP contribution in [0, 0.1) is 20.8 Å². The minimum Gasteiger partial charge on any atom is -0.351 e. The molecule has 2 aromatic rings. The molecule has 8 heteroatoms. The minimum atomic E-state index is -5.12. The number of hydrogen-bond acceptors (Lipinski definition) is 3. The van der Waals surface area contributed by atoms with Gasteiger partial charge in [0, 0.05) is 21.5 Å². The number of hydrogen-bond donors (Lipinski definition) is 1. The third-order valence-electron chi connectivity index (χ3n) is 5.43. The van der Waals surface area contributed by atoms with Crippen LogP contribution in [-0.2, 0) is 9.59 Å². The summed E-state index contributed by atoms with van der Waals surface area (Å²) < 4.78 is 41.0. The Balaban J connectivity index is 2.09. The molecular weight excluding hydrogens is 425 g/mol. The zero-order chi connectivity index (χ0) is 22.8. The fourth-order valence-electron chi connectivity index (χ4n) is 4.11. The molecule has 1 fully saturated rings. The second kappa shape index (κ2) is 9.42. The van der Waals surface area contributed by atoms with E-state index < -0.39 is 24.0 Å².